The smallest absolute Gasteiger partial charge is 0.256 e. The van der Waals surface area contributed by atoms with E-state index in [2.05, 4.69) is 116 Å². The monoisotopic (exact) mass is 1230 g/mol. The van der Waals surface area contributed by atoms with E-state index in [0.29, 0.717) is 23.7 Å². The van der Waals surface area contributed by atoms with Crippen LogP contribution in [0.5, 0.6) is 0 Å². The van der Waals surface area contributed by atoms with E-state index in [-0.39, 0.29) is 162 Å². The molecular formula is C62H76Ar2N4O6Y2-4. The van der Waals surface area contributed by atoms with Gasteiger partial charge in [-0.3, -0.25) is 19.3 Å². The average molecular weight is 1230 g/mol. The standard InChI is InChI=1S/C26H32.C24H28.C6H4N2O4.C4H8N2O2.2CH3.2Ar.2Y/c1-13-11-21-23(17(5)15(13)3)26-20-10-8-7-9-19(20)25(21)22-12-14(2)16(4)18(6)24(22)26;1-13-9-19-20(10-14(13)2)24-18-8-6-5-7-17(18)23(19)21-11-15(3)16(4)12-22(21)24;1-8-4(11)6(5(8)12)2(9)7-3(6)10;1-6-4(8)2-3(5)7;;;;;;/h11-12,19-20,25-26H,7-10H2,1-6H3;9-12,17-18,23-24H,5-8H2,1-4H3;1H3,(H,7,9,10);2H2,1H3,(H3,5,6,7,8);2*1H3;;;;/q;;;;2*-1;;;;/p-2. The SMILES string of the molecule is CN1C(=O)C2(C(=O)[N-]C2=O)C1=O.CNC(=O)CC([NH-])=O.Cc1cc2c(c(C)c1C)C1c3c(cc(C)c(C)c3C)C2C2CCCCC12.Cc1cc2c(cc1C)C1c3cc(C)c(C)cc3C2C2CCCCC12.[Ar].[Ar].[CH3-].[CH3-].[Y].[Y]. The van der Waals surface area contributed by atoms with Crippen molar-refractivity contribution < 1.29 is 170 Å². The quantitative estimate of drug-likeness (QED) is 0.120. The molecule has 2 saturated heterocycles. The summed E-state index contributed by atoms with van der Waals surface area (Å²) < 4.78 is 0. The summed E-state index contributed by atoms with van der Waals surface area (Å²) in [6, 6.07) is 15.3. The molecule has 2 saturated carbocycles. The minimum absolute atomic E-state index is 0. The third-order valence-corrected chi connectivity index (χ3v) is 18.7. The van der Waals surface area contributed by atoms with E-state index in [1.807, 2.05) is 0 Å². The Bertz CT molecular complexity index is 2750. The van der Waals surface area contributed by atoms with Crippen LogP contribution >= 0.6 is 0 Å². The second-order valence-electron chi connectivity index (χ2n) is 22.1. The number of hydrogen-bond donors (Lipinski definition) is 1. The normalized spacial score (nSPS) is 24.0. The van der Waals surface area contributed by atoms with Gasteiger partial charge in [-0.05, 0) is 219 Å². The first-order valence-electron chi connectivity index (χ1n) is 25.7. The van der Waals surface area contributed by atoms with E-state index in [0.717, 1.165) is 28.6 Å². The van der Waals surface area contributed by atoms with Gasteiger partial charge in [-0.25, -0.2) is 0 Å². The predicted octanol–water partition coefficient (Wildman–Crippen LogP) is 12.3. The van der Waals surface area contributed by atoms with E-state index in [1.54, 1.807) is 55.6 Å². The van der Waals surface area contributed by atoms with Gasteiger partial charge in [0.2, 0.25) is 11.3 Å². The molecule has 406 valence electrons. The molecule has 14 heteroatoms. The Hall–Kier alpha value is -1.17. The summed E-state index contributed by atoms with van der Waals surface area (Å²) in [7, 11) is 2.64. The number of β-lactam (4-membered cyclic amide) rings is 4. The molecule has 10 aliphatic rings. The van der Waals surface area contributed by atoms with E-state index >= 15 is 0 Å². The largest absolute Gasteiger partial charge is 0.667 e. The van der Waals surface area contributed by atoms with Crippen molar-refractivity contribution in [3.8, 4) is 0 Å². The number of carbonyl (C=O) groups is 6. The fourth-order valence-electron chi connectivity index (χ4n) is 14.4. The van der Waals surface area contributed by atoms with Crippen LogP contribution < -0.4 is 5.32 Å². The van der Waals surface area contributed by atoms with Crippen LogP contribution in [0.1, 0.15) is 182 Å². The Balaban J connectivity index is 0.000000282. The van der Waals surface area contributed by atoms with Gasteiger partial charge in [0, 0.05) is 179 Å². The van der Waals surface area contributed by atoms with Crippen LogP contribution in [-0.4, -0.2) is 54.4 Å². The van der Waals surface area contributed by atoms with Crippen LogP contribution in [0.3, 0.4) is 0 Å². The van der Waals surface area contributed by atoms with E-state index < -0.39 is 40.9 Å². The zero-order valence-electron chi connectivity index (χ0n) is 47.2. The molecule has 8 aliphatic carbocycles. The van der Waals surface area contributed by atoms with Crippen LogP contribution in [0.2, 0.25) is 0 Å². The Morgan fingerprint density at radius 3 is 1.08 bits per heavy atom. The Morgan fingerprint density at radius 1 is 0.526 bits per heavy atom. The summed E-state index contributed by atoms with van der Waals surface area (Å²) in [5.41, 5.74) is 32.8. The molecule has 14 rings (SSSR count). The van der Waals surface area contributed by atoms with Crippen molar-refractivity contribution in [2.45, 2.75) is 151 Å². The van der Waals surface area contributed by atoms with Crippen molar-refractivity contribution >= 4 is 35.4 Å². The molecule has 6 amide bonds. The van der Waals surface area contributed by atoms with Gasteiger partial charge in [0.25, 0.3) is 11.8 Å². The van der Waals surface area contributed by atoms with Gasteiger partial charge in [0.15, 0.2) is 0 Å². The summed E-state index contributed by atoms with van der Waals surface area (Å²) in [5.74, 6) is 1.45. The van der Waals surface area contributed by atoms with Gasteiger partial charge in [-0.2, -0.15) is 0 Å². The van der Waals surface area contributed by atoms with Gasteiger partial charge in [-0.1, -0.05) is 62.1 Å². The van der Waals surface area contributed by atoms with Crippen LogP contribution in [0.25, 0.3) is 11.1 Å². The molecular weight excluding hydrogens is 1150 g/mol. The van der Waals surface area contributed by atoms with E-state index in [4.69, 9.17) is 5.73 Å². The van der Waals surface area contributed by atoms with Crippen LogP contribution in [-0.2, 0) is 94.2 Å². The molecule has 4 aromatic rings. The number of hydrogen-bond acceptors (Lipinski definition) is 6. The van der Waals surface area contributed by atoms with Crippen molar-refractivity contribution in [3.63, 3.8) is 0 Å². The summed E-state index contributed by atoms with van der Waals surface area (Å²) in [5, 5.41) is 5.10. The van der Waals surface area contributed by atoms with Crippen molar-refractivity contribution in [2.24, 2.45) is 29.1 Å². The number of rotatable bonds is 2. The number of benzene rings is 4. The molecule has 2 heterocycles. The molecule has 4 bridgehead atoms. The fourth-order valence-corrected chi connectivity index (χ4v) is 14.4. The second-order valence-corrected chi connectivity index (χ2v) is 22.1. The van der Waals surface area contributed by atoms with Crippen molar-refractivity contribution in [1.82, 2.24) is 10.2 Å². The number of nitrogens with one attached hydrogen (secondary N) is 2. The molecule has 4 aromatic carbocycles. The number of carbonyl (C=O) groups excluding carboxylic acids is 6. The summed E-state index contributed by atoms with van der Waals surface area (Å²) in [4.78, 5) is 64.2. The molecule has 1 spiro atoms. The molecule has 0 aromatic heterocycles. The Labute approximate surface area is 564 Å². The minimum Gasteiger partial charge on any atom is -0.667 e. The number of nitrogens with zero attached hydrogens (tertiary/aromatic N) is 2. The van der Waals surface area contributed by atoms with Crippen LogP contribution in [0, 0.1) is 189 Å². The van der Waals surface area contributed by atoms with Crippen LogP contribution in [0.4, 0.5) is 0 Å². The molecule has 4 unspecified atom stereocenters. The topological polar surface area (TPSA) is 156 Å². The van der Waals surface area contributed by atoms with Crippen molar-refractivity contribution in [3.05, 3.63) is 162 Å². The predicted molar refractivity (Wildman–Crippen MR) is 286 cm³/mol. The van der Waals surface area contributed by atoms with Crippen LogP contribution in [0.15, 0.2) is 36.4 Å². The molecule has 4 fully saturated rings. The number of likely N-dealkylation sites (tertiary alicyclic amines) is 1. The number of aryl methyl sites for hydroxylation is 6. The maximum atomic E-state index is 11.0. The first-order valence-corrected chi connectivity index (χ1v) is 25.7. The van der Waals surface area contributed by atoms with Gasteiger partial charge >= 0.3 is 0 Å². The van der Waals surface area contributed by atoms with Gasteiger partial charge in [-0.15, -0.1) is 0 Å². The molecule has 76 heavy (non-hydrogen) atoms. The zero-order valence-corrected chi connectivity index (χ0v) is 54.2. The van der Waals surface area contributed by atoms with E-state index in [1.165, 1.54) is 110 Å². The number of amides is 6. The summed E-state index contributed by atoms with van der Waals surface area (Å²) in [6.45, 7) is 23.3. The Kier molecular flexibility index (Phi) is 24.4. The summed E-state index contributed by atoms with van der Waals surface area (Å²) >= 11 is 0. The van der Waals surface area contributed by atoms with E-state index in [9.17, 15) is 28.8 Å². The third kappa shape index (κ3) is 11.2. The molecule has 2 aliphatic heterocycles. The van der Waals surface area contributed by atoms with Gasteiger partial charge in [0.05, 0.1) is 24.1 Å². The van der Waals surface area contributed by atoms with Gasteiger partial charge < -0.3 is 45.6 Å². The molecule has 2 radical (unpaired) electrons. The van der Waals surface area contributed by atoms with Crippen molar-refractivity contribution in [1.29, 1.82) is 0 Å². The second kappa shape index (κ2) is 26.8. The summed E-state index contributed by atoms with van der Waals surface area (Å²) in [6.07, 6.45) is 11.1. The van der Waals surface area contributed by atoms with Crippen molar-refractivity contribution in [2.75, 3.05) is 14.1 Å². The van der Waals surface area contributed by atoms with Gasteiger partial charge in [0.1, 0.15) is 0 Å². The number of imide groups is 2. The molecule has 2 N–H and O–H groups in total. The first kappa shape index (κ1) is 69.1. The maximum Gasteiger partial charge on any atom is 0.256 e. The molecule has 4 atom stereocenters. The molecule has 10 nitrogen and oxygen atoms in total. The average Bonchev–Trinajstić information content (AvgIpc) is 3.33. The first-order chi connectivity index (χ1) is 33.2. The fraction of sp³-hybridized carbons (Fsp3) is 0.484. The minimum atomic E-state index is -2.05. The third-order valence-electron chi connectivity index (χ3n) is 18.7. The Morgan fingerprint density at radius 2 is 0.816 bits per heavy atom. The maximum absolute atomic E-state index is 11.0. The zero-order chi connectivity index (χ0) is 50.6.